The zero-order valence-corrected chi connectivity index (χ0v) is 29.5. The van der Waals surface area contributed by atoms with Gasteiger partial charge < -0.3 is 0 Å². The Morgan fingerprint density at radius 2 is 0.463 bits per heavy atom. The number of hydrogen-bond acceptors (Lipinski definition) is 3. The Kier molecular flexibility index (Phi) is 8.94. The first-order valence-electron chi connectivity index (χ1n) is 18.2. The van der Waals surface area contributed by atoms with Gasteiger partial charge in [0.15, 0.2) is 17.5 Å². The lowest BCUT2D eigenvalue weighted by Gasteiger charge is -2.13. The van der Waals surface area contributed by atoms with Crippen molar-refractivity contribution in [2.75, 3.05) is 0 Å². The Hall–Kier alpha value is -7.23. The molecular weight excluding hydrogens is 655 g/mol. The normalized spacial score (nSPS) is 11.0. The summed E-state index contributed by atoms with van der Waals surface area (Å²) in [5, 5.41) is 0. The van der Waals surface area contributed by atoms with Gasteiger partial charge in [-0.2, -0.15) is 0 Å². The topological polar surface area (TPSA) is 38.7 Å². The summed E-state index contributed by atoms with van der Waals surface area (Å²) in [6, 6.07) is 74.1. The summed E-state index contributed by atoms with van der Waals surface area (Å²) in [4.78, 5) is 15.3. The highest BCUT2D eigenvalue weighted by Crippen LogP contribution is 2.36. The van der Waals surface area contributed by atoms with E-state index in [0.717, 1.165) is 44.5 Å². The maximum absolute atomic E-state index is 5.14. The number of nitrogens with zero attached hydrogens (tertiary/aromatic N) is 3. The number of benzene rings is 8. The van der Waals surface area contributed by atoms with Crippen LogP contribution in [0.4, 0.5) is 0 Å². The first-order chi connectivity index (χ1) is 26.7. The van der Waals surface area contributed by atoms with Gasteiger partial charge in [-0.25, -0.2) is 15.0 Å². The lowest BCUT2D eigenvalue weighted by atomic mass is 9.92. The second-order valence-corrected chi connectivity index (χ2v) is 13.3. The summed E-state index contributed by atoms with van der Waals surface area (Å²) < 4.78 is 0. The third-order valence-electron chi connectivity index (χ3n) is 9.75. The van der Waals surface area contributed by atoms with Crippen molar-refractivity contribution in [2.24, 2.45) is 0 Å². The molecule has 0 unspecified atom stereocenters. The van der Waals surface area contributed by atoms with E-state index in [0.29, 0.717) is 17.5 Å². The molecule has 254 valence electrons. The molecule has 0 atom stereocenters. The molecule has 0 bridgehead atoms. The van der Waals surface area contributed by atoms with Crippen LogP contribution in [0.15, 0.2) is 212 Å². The highest BCUT2D eigenvalue weighted by atomic mass is 15.0. The number of rotatable bonds is 8. The maximum atomic E-state index is 5.14. The molecule has 0 radical (unpaired) electrons. The smallest absolute Gasteiger partial charge is 0.164 e. The van der Waals surface area contributed by atoms with E-state index in [4.69, 9.17) is 15.0 Å². The molecule has 9 rings (SSSR count). The van der Waals surface area contributed by atoms with Gasteiger partial charge in [0.2, 0.25) is 0 Å². The molecule has 0 amide bonds. The highest BCUT2D eigenvalue weighted by molar-refractivity contribution is 5.87. The molecule has 9 aromatic rings. The Balaban J connectivity index is 1.14. The fourth-order valence-electron chi connectivity index (χ4n) is 6.98. The molecule has 0 aliphatic carbocycles. The minimum absolute atomic E-state index is 0.623. The molecule has 0 fully saturated rings. The van der Waals surface area contributed by atoms with E-state index in [1.54, 1.807) is 0 Å². The quantitative estimate of drug-likeness (QED) is 0.159. The van der Waals surface area contributed by atoms with Crippen molar-refractivity contribution < 1.29 is 0 Å². The van der Waals surface area contributed by atoms with Crippen molar-refractivity contribution >= 4 is 0 Å². The lowest BCUT2D eigenvalue weighted by Crippen LogP contribution is -2.00. The van der Waals surface area contributed by atoms with Crippen LogP contribution in [0.25, 0.3) is 89.8 Å². The predicted molar refractivity (Wildman–Crippen MR) is 223 cm³/mol. The molecule has 0 spiro atoms. The van der Waals surface area contributed by atoms with E-state index in [9.17, 15) is 0 Å². The molecule has 3 heteroatoms. The summed E-state index contributed by atoms with van der Waals surface area (Å²) in [5.41, 5.74) is 14.3. The Morgan fingerprint density at radius 1 is 0.185 bits per heavy atom. The van der Waals surface area contributed by atoms with Crippen LogP contribution in [0, 0.1) is 0 Å². The number of aromatic nitrogens is 3. The molecule has 0 saturated heterocycles. The lowest BCUT2D eigenvalue weighted by molar-refractivity contribution is 1.07. The molecule has 8 aromatic carbocycles. The molecule has 0 saturated carbocycles. The fraction of sp³-hybridized carbons (Fsp3) is 0. The van der Waals surface area contributed by atoms with E-state index in [2.05, 4.69) is 200 Å². The van der Waals surface area contributed by atoms with Crippen LogP contribution in [-0.2, 0) is 0 Å². The molecule has 3 nitrogen and oxygen atoms in total. The van der Waals surface area contributed by atoms with E-state index < -0.39 is 0 Å². The first kappa shape index (κ1) is 32.7. The van der Waals surface area contributed by atoms with Crippen molar-refractivity contribution in [1.29, 1.82) is 0 Å². The summed E-state index contributed by atoms with van der Waals surface area (Å²) in [7, 11) is 0. The first-order valence-corrected chi connectivity index (χ1v) is 18.2. The SMILES string of the molecule is c1ccc(-c2ccc(-c3nc(-c4cccc(-c5ccccc5)c4)nc(-c4cccc(-c5ccccc5-c5cccc(-c6ccccc6)c5)c4)n3)cc2)cc1. The second kappa shape index (κ2) is 14.8. The number of hydrogen-bond donors (Lipinski definition) is 0. The van der Waals surface area contributed by atoms with Gasteiger partial charge >= 0.3 is 0 Å². The van der Waals surface area contributed by atoms with Crippen LogP contribution in [0.1, 0.15) is 0 Å². The molecule has 1 heterocycles. The van der Waals surface area contributed by atoms with Crippen LogP contribution in [0.5, 0.6) is 0 Å². The maximum Gasteiger partial charge on any atom is 0.164 e. The summed E-state index contributed by atoms with van der Waals surface area (Å²) >= 11 is 0. The molecule has 0 aliphatic heterocycles. The van der Waals surface area contributed by atoms with Gasteiger partial charge in [-0.15, -0.1) is 0 Å². The van der Waals surface area contributed by atoms with Gasteiger partial charge in [0.25, 0.3) is 0 Å². The average Bonchev–Trinajstić information content (AvgIpc) is 3.27. The third kappa shape index (κ3) is 6.87. The second-order valence-electron chi connectivity index (χ2n) is 13.3. The van der Waals surface area contributed by atoms with Gasteiger partial charge in [-0.1, -0.05) is 194 Å². The van der Waals surface area contributed by atoms with Crippen molar-refractivity contribution in [2.45, 2.75) is 0 Å². The third-order valence-corrected chi connectivity index (χ3v) is 9.75. The summed E-state index contributed by atoms with van der Waals surface area (Å²) in [5.74, 6) is 1.88. The van der Waals surface area contributed by atoms with Crippen molar-refractivity contribution in [3.63, 3.8) is 0 Å². The Labute approximate surface area is 316 Å². The van der Waals surface area contributed by atoms with Crippen LogP contribution < -0.4 is 0 Å². The van der Waals surface area contributed by atoms with E-state index in [1.165, 1.54) is 27.8 Å². The molecule has 0 aliphatic rings. The molecule has 54 heavy (non-hydrogen) atoms. The highest BCUT2D eigenvalue weighted by Gasteiger charge is 2.15. The Bertz CT molecular complexity index is 2690. The van der Waals surface area contributed by atoms with Crippen LogP contribution in [-0.4, -0.2) is 15.0 Å². The Morgan fingerprint density at radius 3 is 0.926 bits per heavy atom. The monoisotopic (exact) mass is 689 g/mol. The van der Waals surface area contributed by atoms with Crippen molar-refractivity contribution in [3.05, 3.63) is 212 Å². The van der Waals surface area contributed by atoms with Crippen LogP contribution in [0.2, 0.25) is 0 Å². The molecule has 1 aromatic heterocycles. The van der Waals surface area contributed by atoms with Crippen LogP contribution in [0.3, 0.4) is 0 Å². The van der Waals surface area contributed by atoms with Gasteiger partial charge in [0, 0.05) is 16.7 Å². The molecule has 0 N–H and O–H groups in total. The predicted octanol–water partition coefficient (Wildman–Crippen LogP) is 13.2. The summed E-state index contributed by atoms with van der Waals surface area (Å²) in [6.07, 6.45) is 0. The van der Waals surface area contributed by atoms with E-state index in [-0.39, 0.29) is 0 Å². The fourth-order valence-corrected chi connectivity index (χ4v) is 6.98. The minimum Gasteiger partial charge on any atom is -0.208 e. The van der Waals surface area contributed by atoms with E-state index >= 15 is 0 Å². The van der Waals surface area contributed by atoms with Gasteiger partial charge in [-0.05, 0) is 73.8 Å². The van der Waals surface area contributed by atoms with Crippen molar-refractivity contribution in [1.82, 2.24) is 15.0 Å². The zero-order chi connectivity index (χ0) is 36.1. The standard InChI is InChI=1S/C51H35N3/c1-4-15-36(16-5-1)39-29-31-40(32-30-39)49-52-50(45-25-13-22-42(34-45)38-19-8-3-9-20-38)54-51(53-49)46-26-14-24-44(35-46)48-28-11-10-27-47(48)43-23-12-21-41(33-43)37-17-6-2-7-18-37/h1-35H. The van der Waals surface area contributed by atoms with Gasteiger partial charge in [0.1, 0.15) is 0 Å². The molecular formula is C51H35N3. The minimum atomic E-state index is 0.623. The average molecular weight is 690 g/mol. The van der Waals surface area contributed by atoms with Gasteiger partial charge in [0.05, 0.1) is 0 Å². The largest absolute Gasteiger partial charge is 0.208 e. The van der Waals surface area contributed by atoms with Crippen LogP contribution >= 0.6 is 0 Å². The van der Waals surface area contributed by atoms with Gasteiger partial charge in [-0.3, -0.25) is 0 Å². The van der Waals surface area contributed by atoms with E-state index in [1.807, 2.05) is 12.1 Å². The van der Waals surface area contributed by atoms with Crippen molar-refractivity contribution in [3.8, 4) is 89.8 Å². The zero-order valence-electron chi connectivity index (χ0n) is 29.5. The summed E-state index contributed by atoms with van der Waals surface area (Å²) in [6.45, 7) is 0.